The zero-order valence-corrected chi connectivity index (χ0v) is 81.5. The van der Waals surface area contributed by atoms with E-state index < -0.39 is 31.0 Å². The Morgan fingerprint density at radius 2 is 0.972 bits per heavy atom. The van der Waals surface area contributed by atoms with Crippen molar-refractivity contribution in [1.29, 1.82) is 0 Å². The first-order valence-corrected chi connectivity index (χ1v) is 53.3. The van der Waals surface area contributed by atoms with Gasteiger partial charge in [-0.2, -0.15) is 4.31 Å². The van der Waals surface area contributed by atoms with Gasteiger partial charge in [0, 0.05) is 170 Å². The number of para-hydroxylation sites is 6. The minimum atomic E-state index is -5.25. The lowest BCUT2D eigenvalue weighted by Crippen LogP contribution is -2.45. The normalized spacial score (nSPS) is 13.9. The summed E-state index contributed by atoms with van der Waals surface area (Å²) >= 11 is 0. The number of rotatable bonds is 29. The number of nitrogens with one attached hydrogen (secondary N) is 2. The molecule has 23 heteroatoms. The molecule has 21 nitrogen and oxygen atoms in total. The van der Waals surface area contributed by atoms with Gasteiger partial charge in [-0.1, -0.05) is 183 Å². The third kappa shape index (κ3) is 17.7. The molecule has 720 valence electrons. The predicted octanol–water partition coefficient (Wildman–Crippen LogP) is 22.7. The standard InChI is InChI=1S/C66H63N5O6S2.C55H44N4O6/c72-78(73,71(38-16-32-67-62-51-24-7-9-28-58(51)68-59-29-10-8-25-52(59)62)37-11-1-2-23-50-48-21-5-3-17-43(48)39-44-18-4-6-22-49(44)50)47-30-31-53(60(42-47)79(74,75)76)61-56-40-45-19-12-33-69-35-14-26-54(63(45)69)65(56)77-66-55-27-15-36-70-34-13-20-46(64(55)70)41-57(61)66;60-35-23-26-43-50(32-35)65-51-33-36(61)24-27-44(51)52(43)40-25-22-34(31-45(40)55(63)64)54(62)59(30-12-28-56-53-41-16-5-9-20-48(41)58-49-21-10-6-17-42(49)53)29-11-1-2-13-37-38-14-3-7-18-46(38)57-47-19-8-4-15-39(37)47/h3-10,17-18,21-22,24-25,28-31,39-42H,1-2,11-16,19-20,23,26-27,32-38H2,(H-,67,68,74,75,76);3-10,14-27,31-33,60H,1-2,11-13,28-30H2,(H,56,58)(H,63,64). The van der Waals surface area contributed by atoms with Gasteiger partial charge in [0.15, 0.2) is 5.43 Å². The lowest BCUT2D eigenvalue weighted by molar-refractivity contribution is 0.0697. The summed E-state index contributed by atoms with van der Waals surface area (Å²) < 4.78 is 90.1. The number of ether oxygens (including phenoxy) is 1. The highest BCUT2D eigenvalue weighted by atomic mass is 32.2. The van der Waals surface area contributed by atoms with E-state index in [1.54, 1.807) is 30.3 Å². The van der Waals surface area contributed by atoms with Gasteiger partial charge in [-0.15, -0.1) is 0 Å². The Bertz CT molecular complexity index is 8650. The van der Waals surface area contributed by atoms with E-state index in [1.807, 2.05) is 102 Å². The number of aromatic nitrogens is 3. The summed E-state index contributed by atoms with van der Waals surface area (Å²) in [5.41, 5.74) is 19.1. The van der Waals surface area contributed by atoms with E-state index in [-0.39, 0.29) is 63.1 Å². The third-order valence-electron chi connectivity index (χ3n) is 29.8. The molecule has 1 aliphatic carbocycles. The number of carbonyl (C=O) groups is 2. The molecule has 1 amide bonds. The van der Waals surface area contributed by atoms with Crippen molar-refractivity contribution in [2.45, 2.75) is 125 Å². The number of carboxylic acid groups (broad SMARTS) is 1. The van der Waals surface area contributed by atoms with Crippen molar-refractivity contribution < 1.29 is 50.3 Å². The van der Waals surface area contributed by atoms with Gasteiger partial charge in [0.2, 0.25) is 15.4 Å². The van der Waals surface area contributed by atoms with Gasteiger partial charge in [0.1, 0.15) is 51.8 Å². The lowest BCUT2D eigenvalue weighted by atomic mass is 9.82. The number of aromatic hydroxyl groups is 1. The number of unbranched alkanes of at least 4 members (excludes halogenated alkanes) is 4. The van der Waals surface area contributed by atoms with Crippen LogP contribution in [0.2, 0.25) is 0 Å². The summed E-state index contributed by atoms with van der Waals surface area (Å²) in [6.45, 7) is 6.25. The van der Waals surface area contributed by atoms with Crippen molar-refractivity contribution in [3.8, 4) is 39.7 Å². The first-order chi connectivity index (χ1) is 70.4. The second-order valence-electron chi connectivity index (χ2n) is 38.7. The molecule has 14 aromatic carbocycles. The minimum Gasteiger partial charge on any atom is -0.744 e. The summed E-state index contributed by atoms with van der Waals surface area (Å²) in [4.78, 5) is 58.4. The Morgan fingerprint density at radius 3 is 1.58 bits per heavy atom. The number of aromatic carboxylic acids is 1. The van der Waals surface area contributed by atoms with Crippen LogP contribution in [0, 0.1) is 0 Å². The summed E-state index contributed by atoms with van der Waals surface area (Å²) in [6.07, 6.45) is 14.9. The number of phenols is 1. The number of hydrogen-bond donors (Lipinski definition) is 4. The summed E-state index contributed by atoms with van der Waals surface area (Å²) in [5, 5.41) is 42.0. The second kappa shape index (κ2) is 39.2. The summed E-state index contributed by atoms with van der Waals surface area (Å²) in [7, 11) is -9.61. The SMILES string of the molecule is O=C(O)c1cc(C(=O)N(CCCCCc2c3ccccc3nc3ccccc23)CCCNc2c3ccccc3nc3ccccc23)ccc1-c1c2ccc(=O)cc-2oc2cc(O)ccc12.O=S(=O)([O-])c1cc(S(=O)(=O)N(CCCCCc2c3ccccc3cc3ccccc23)CCCNc2c3ccccc3nc3ccccc23)ccc1C1=c2cc3c4c(c2Oc2c1cc1c5c2CCCN5CCC1)CCC[N+]=4CCC3. The van der Waals surface area contributed by atoms with Crippen LogP contribution in [0.15, 0.2) is 304 Å². The van der Waals surface area contributed by atoms with Crippen LogP contribution in [0.5, 0.6) is 17.2 Å². The molecule has 0 radical (unpaired) electrons. The fraction of sp³-hybridized carbons (Fsp3) is 0.231. The van der Waals surface area contributed by atoms with Crippen LogP contribution < -0.4 is 40.9 Å². The topological polar surface area (TPSA) is 281 Å². The highest BCUT2D eigenvalue weighted by Crippen LogP contribution is 2.51. The van der Waals surface area contributed by atoms with Crippen LogP contribution in [0.3, 0.4) is 0 Å². The quantitative estimate of drug-likeness (QED) is 0.0147. The molecule has 0 fully saturated rings. The zero-order valence-electron chi connectivity index (χ0n) is 79.9. The highest BCUT2D eigenvalue weighted by molar-refractivity contribution is 7.89. The van der Waals surface area contributed by atoms with Gasteiger partial charge in [0.05, 0.1) is 65.4 Å². The molecule has 3 aromatic heterocycles. The van der Waals surface area contributed by atoms with Crippen molar-refractivity contribution in [2.75, 3.05) is 81.0 Å². The van der Waals surface area contributed by atoms with Gasteiger partial charge in [-0.05, 0) is 237 Å². The molecule has 4 N–H and O–H groups in total. The Hall–Kier alpha value is -15.3. The van der Waals surface area contributed by atoms with Gasteiger partial charge in [0.25, 0.3) is 5.91 Å². The Balaban J connectivity index is 0.000000163. The average Bonchev–Trinajstić information content (AvgIpc) is 0.597. The number of amides is 1. The molecule has 7 aliphatic rings. The molecule has 0 bridgehead atoms. The second-order valence-corrected chi connectivity index (χ2v) is 42.0. The van der Waals surface area contributed by atoms with Gasteiger partial charge >= 0.3 is 5.97 Å². The van der Waals surface area contributed by atoms with Crippen molar-refractivity contribution in [1.82, 2.24) is 28.7 Å². The molecule has 24 rings (SSSR count). The molecule has 0 unspecified atom stereocenters. The molecule has 0 spiro atoms. The van der Waals surface area contributed by atoms with E-state index >= 15 is 8.42 Å². The first-order valence-electron chi connectivity index (χ1n) is 50.5. The van der Waals surface area contributed by atoms with E-state index in [4.69, 9.17) is 24.1 Å². The van der Waals surface area contributed by atoms with Crippen molar-refractivity contribution in [3.05, 3.63) is 362 Å². The maximum absolute atomic E-state index is 15.4. The third-order valence-corrected chi connectivity index (χ3v) is 32.6. The number of aryl methyl sites for hydroxylation is 4. The number of hydrogen-bond acceptors (Lipinski definition) is 17. The average molecular weight is 1940 g/mol. The molecular formula is C121H107N9O12S2. The molecule has 0 saturated carbocycles. The first kappa shape index (κ1) is 92.4. The number of phenolic OH excluding ortho intramolecular Hbond substituents is 1. The van der Waals surface area contributed by atoms with Crippen LogP contribution in [0.25, 0.3) is 126 Å². The van der Waals surface area contributed by atoms with E-state index in [1.165, 1.54) is 95.5 Å². The van der Waals surface area contributed by atoms with E-state index in [9.17, 15) is 37.6 Å². The van der Waals surface area contributed by atoms with E-state index in [0.717, 1.165) is 239 Å². The van der Waals surface area contributed by atoms with Crippen LogP contribution >= 0.6 is 0 Å². The number of fused-ring (bicyclic) bond motifs is 14. The molecule has 6 aliphatic heterocycles. The molecule has 0 saturated heterocycles. The maximum atomic E-state index is 15.4. The van der Waals surface area contributed by atoms with Gasteiger partial charge in [-0.3, -0.25) is 9.59 Å². The van der Waals surface area contributed by atoms with E-state index in [2.05, 4.69) is 135 Å². The van der Waals surface area contributed by atoms with Gasteiger partial charge in [-0.25, -0.2) is 41.2 Å². The number of pyridine rings is 3. The lowest BCUT2D eigenvalue weighted by Gasteiger charge is -2.39. The fourth-order valence-electron chi connectivity index (χ4n) is 23.2. The monoisotopic (exact) mass is 1940 g/mol. The smallest absolute Gasteiger partial charge is 0.336 e. The molecule has 0 atom stereocenters. The van der Waals surface area contributed by atoms with Gasteiger partial charge < -0.3 is 44.4 Å². The Labute approximate surface area is 833 Å². The number of anilines is 3. The Morgan fingerprint density at radius 1 is 0.458 bits per heavy atom. The number of sulfonamides is 1. The molecular weight excluding hydrogens is 1840 g/mol. The van der Waals surface area contributed by atoms with Crippen molar-refractivity contribution in [3.63, 3.8) is 0 Å². The molecule has 144 heavy (non-hydrogen) atoms. The minimum absolute atomic E-state index is 0.0404. The number of nitrogens with zero attached hydrogens (tertiary/aromatic N) is 7. The summed E-state index contributed by atoms with van der Waals surface area (Å²) in [6, 6.07) is 90.2. The highest BCUT2D eigenvalue weighted by Gasteiger charge is 2.39. The molecule has 9 heterocycles. The van der Waals surface area contributed by atoms with E-state index in [0.29, 0.717) is 73.1 Å². The molecule has 17 aromatic rings. The largest absolute Gasteiger partial charge is 0.744 e. The Kier molecular flexibility index (Phi) is 25.2. The number of carboxylic acids is 1. The van der Waals surface area contributed by atoms with Crippen LogP contribution in [0.4, 0.5) is 17.1 Å². The number of carbonyl (C=O) groups excluding carboxylic acids is 1. The fourth-order valence-corrected chi connectivity index (χ4v) is 25.6. The van der Waals surface area contributed by atoms with Crippen LogP contribution in [-0.4, -0.2) is 133 Å². The maximum Gasteiger partial charge on any atom is 0.336 e. The van der Waals surface area contributed by atoms with Crippen molar-refractivity contribution >= 4 is 153 Å². The van der Waals surface area contributed by atoms with Crippen LogP contribution in [0.1, 0.15) is 142 Å². The van der Waals surface area contributed by atoms with Crippen molar-refractivity contribution in [2.24, 2.45) is 0 Å². The zero-order chi connectivity index (χ0) is 97.9. The number of benzene rings is 15. The predicted molar refractivity (Wildman–Crippen MR) is 573 cm³/mol. The summed E-state index contributed by atoms with van der Waals surface area (Å²) in [5.74, 6) is 0.192. The van der Waals surface area contributed by atoms with Crippen LogP contribution in [-0.2, 0) is 58.7 Å².